The van der Waals surface area contributed by atoms with E-state index in [9.17, 15) is 19.4 Å². The molecule has 0 aromatic carbocycles. The second-order valence-electron chi connectivity index (χ2n) is 17.2. The Bertz CT molecular complexity index is 876. The lowest BCUT2D eigenvalue weighted by Crippen LogP contribution is -2.29. The van der Waals surface area contributed by atoms with E-state index in [2.05, 4.69) is 13.8 Å². The highest BCUT2D eigenvalue weighted by atomic mass is 31.2. The summed E-state index contributed by atoms with van der Waals surface area (Å²) in [5, 5.41) is 18.4. The first-order valence-corrected chi connectivity index (χ1v) is 26.5. The Morgan fingerprint density at radius 2 is 0.776 bits per heavy atom. The van der Waals surface area contributed by atoms with E-state index in [1.165, 1.54) is 205 Å². The number of hydrogen-bond acceptors (Lipinski definition) is 8. The maximum atomic E-state index is 12.7. The fraction of sp³-hybridized carbons (Fsp3) is 0.979. The molecular weight excluding hydrogens is 751 g/mol. The summed E-state index contributed by atoms with van der Waals surface area (Å²) in [6.45, 7) is 3.60. The number of esters is 1. The first-order chi connectivity index (χ1) is 28.3. The van der Waals surface area contributed by atoms with E-state index < -0.39 is 33.2 Å². The van der Waals surface area contributed by atoms with Crippen molar-refractivity contribution < 1.29 is 43.0 Å². The van der Waals surface area contributed by atoms with E-state index in [1.807, 2.05) is 0 Å². The van der Waals surface area contributed by atoms with E-state index >= 15 is 0 Å². The number of carbonyl (C=O) groups is 1. The summed E-state index contributed by atoms with van der Waals surface area (Å²) in [7, 11) is -4.51. The zero-order valence-corrected chi connectivity index (χ0v) is 39.2. The molecule has 3 atom stereocenters. The summed E-state index contributed by atoms with van der Waals surface area (Å²) in [4.78, 5) is 22.7. The van der Waals surface area contributed by atoms with Crippen molar-refractivity contribution in [2.24, 2.45) is 0 Å². The van der Waals surface area contributed by atoms with Crippen LogP contribution in [0.5, 0.6) is 0 Å². The maximum absolute atomic E-state index is 12.7. The van der Waals surface area contributed by atoms with Crippen molar-refractivity contribution in [1.29, 1.82) is 0 Å². The van der Waals surface area contributed by atoms with E-state index in [0.717, 1.165) is 32.1 Å². The van der Waals surface area contributed by atoms with E-state index in [1.54, 1.807) is 0 Å². The molecule has 0 amide bonds. The predicted molar refractivity (Wildman–Crippen MR) is 242 cm³/mol. The molecule has 0 saturated heterocycles. The maximum Gasteiger partial charge on any atom is 0.472 e. The minimum absolute atomic E-state index is 0.0586. The number of phosphoric acid groups is 1. The Kier molecular flexibility index (Phi) is 45.5. The van der Waals surface area contributed by atoms with Crippen LogP contribution in [0.15, 0.2) is 0 Å². The highest BCUT2D eigenvalue weighted by Gasteiger charge is 2.26. The van der Waals surface area contributed by atoms with Gasteiger partial charge in [-0.05, 0) is 12.8 Å². The van der Waals surface area contributed by atoms with Crippen molar-refractivity contribution in [2.45, 2.75) is 270 Å². The molecule has 0 aliphatic carbocycles. The average Bonchev–Trinajstić information content (AvgIpc) is 3.21. The molecule has 9 nitrogen and oxygen atoms in total. The molecule has 0 aromatic rings. The van der Waals surface area contributed by atoms with Crippen LogP contribution in [-0.2, 0) is 27.9 Å². The number of ether oxygens (including phenoxy) is 2. The third-order valence-electron chi connectivity index (χ3n) is 11.3. The van der Waals surface area contributed by atoms with Crippen LogP contribution in [0.2, 0.25) is 0 Å². The van der Waals surface area contributed by atoms with Crippen molar-refractivity contribution >= 4 is 13.8 Å². The van der Waals surface area contributed by atoms with Crippen LogP contribution >= 0.6 is 7.82 Å². The Balaban J connectivity index is 4.02. The second-order valence-corrected chi connectivity index (χ2v) is 18.7. The lowest BCUT2D eigenvalue weighted by Gasteiger charge is -2.20. The first-order valence-electron chi connectivity index (χ1n) is 25.0. The van der Waals surface area contributed by atoms with Crippen LogP contribution in [-0.4, -0.2) is 66.3 Å². The van der Waals surface area contributed by atoms with Crippen LogP contribution < -0.4 is 0 Å². The molecule has 1 unspecified atom stereocenters. The van der Waals surface area contributed by atoms with Crippen LogP contribution in [0.1, 0.15) is 258 Å². The number of unbranched alkanes of at least 4 members (excludes halogenated alkanes) is 35. The fourth-order valence-electron chi connectivity index (χ4n) is 7.48. The van der Waals surface area contributed by atoms with Crippen LogP contribution in [0.4, 0.5) is 0 Å². The number of carbonyl (C=O) groups excluding carboxylic acids is 1. The third kappa shape index (κ3) is 45.0. The molecule has 0 radical (unpaired) electrons. The zero-order valence-electron chi connectivity index (χ0n) is 38.3. The predicted octanol–water partition coefficient (Wildman–Crippen LogP) is 14.3. The van der Waals surface area contributed by atoms with Gasteiger partial charge in [0.25, 0.3) is 0 Å². The van der Waals surface area contributed by atoms with Gasteiger partial charge in [0, 0.05) is 13.0 Å². The highest BCUT2D eigenvalue weighted by Crippen LogP contribution is 2.43. The molecule has 0 fully saturated rings. The van der Waals surface area contributed by atoms with Gasteiger partial charge in [-0.15, -0.1) is 0 Å². The Labute approximate surface area is 358 Å². The number of hydrogen-bond donors (Lipinski definition) is 3. The second kappa shape index (κ2) is 46.0. The summed E-state index contributed by atoms with van der Waals surface area (Å²) >= 11 is 0. The molecule has 58 heavy (non-hydrogen) atoms. The Morgan fingerprint density at radius 1 is 0.466 bits per heavy atom. The lowest BCUT2D eigenvalue weighted by molar-refractivity contribution is -0.154. The Morgan fingerprint density at radius 3 is 1.12 bits per heavy atom. The smallest absolute Gasteiger partial charge is 0.457 e. The molecule has 10 heteroatoms. The van der Waals surface area contributed by atoms with Gasteiger partial charge in [-0.25, -0.2) is 4.57 Å². The molecule has 0 aliphatic rings. The third-order valence-corrected chi connectivity index (χ3v) is 12.2. The van der Waals surface area contributed by atoms with E-state index in [4.69, 9.17) is 23.6 Å². The highest BCUT2D eigenvalue weighted by molar-refractivity contribution is 7.47. The molecule has 0 aromatic heterocycles. The van der Waals surface area contributed by atoms with Crippen LogP contribution in [0.3, 0.4) is 0 Å². The van der Waals surface area contributed by atoms with Gasteiger partial charge in [0.05, 0.1) is 26.4 Å². The average molecular weight is 849 g/mol. The summed E-state index contributed by atoms with van der Waals surface area (Å²) in [6, 6.07) is 0. The number of aliphatic hydroxyl groups is 2. The fourth-order valence-corrected chi connectivity index (χ4v) is 8.27. The van der Waals surface area contributed by atoms with Crippen molar-refractivity contribution in [3.8, 4) is 0 Å². The molecular formula is C48H97O9P. The Hall–Kier alpha value is -0.540. The molecule has 0 saturated carbocycles. The summed E-state index contributed by atoms with van der Waals surface area (Å²) in [5.41, 5.74) is 0. The minimum Gasteiger partial charge on any atom is -0.457 e. The van der Waals surface area contributed by atoms with Gasteiger partial charge in [0.15, 0.2) is 0 Å². The normalized spacial score (nSPS) is 13.8. The van der Waals surface area contributed by atoms with Gasteiger partial charge in [0.1, 0.15) is 12.2 Å². The van der Waals surface area contributed by atoms with E-state index in [0.29, 0.717) is 6.61 Å². The van der Waals surface area contributed by atoms with Crippen LogP contribution in [0.25, 0.3) is 0 Å². The molecule has 0 heterocycles. The van der Waals surface area contributed by atoms with Crippen molar-refractivity contribution in [1.82, 2.24) is 0 Å². The molecule has 0 rings (SSSR count). The summed E-state index contributed by atoms with van der Waals surface area (Å²) in [5.74, 6) is -0.373. The lowest BCUT2D eigenvalue weighted by atomic mass is 10.0. The van der Waals surface area contributed by atoms with Gasteiger partial charge < -0.3 is 24.6 Å². The van der Waals surface area contributed by atoms with Gasteiger partial charge in [-0.3, -0.25) is 13.8 Å². The van der Waals surface area contributed by atoms with Gasteiger partial charge >= 0.3 is 13.8 Å². The first kappa shape index (κ1) is 57.5. The molecule has 348 valence electrons. The van der Waals surface area contributed by atoms with Crippen molar-refractivity contribution in [3.05, 3.63) is 0 Å². The van der Waals surface area contributed by atoms with Crippen LogP contribution in [0, 0.1) is 0 Å². The SMILES string of the molecule is CCCCCCCCCCCCCCCCCCCCCCCC(=O)O[C@H](COCCCCCCCCCCCCCCCCCC)COP(=O)(O)OC[C@@H](O)CO. The van der Waals surface area contributed by atoms with Gasteiger partial charge in [-0.2, -0.15) is 0 Å². The number of phosphoric ester groups is 1. The topological polar surface area (TPSA) is 132 Å². The zero-order chi connectivity index (χ0) is 42.5. The summed E-state index contributed by atoms with van der Waals surface area (Å²) in [6.07, 6.45) is 46.4. The molecule has 0 bridgehead atoms. The summed E-state index contributed by atoms with van der Waals surface area (Å²) < 4.78 is 33.5. The molecule has 0 aliphatic heterocycles. The number of aliphatic hydroxyl groups excluding tert-OH is 2. The standard InChI is InChI=1S/C48H97O9P/c1-3-5-7-9-11-13-15-17-19-21-22-23-24-25-26-28-30-32-34-36-38-40-48(51)57-47(45-56-58(52,53)55-43-46(50)42-49)44-54-41-39-37-35-33-31-29-27-20-18-16-14-12-10-8-6-4-2/h46-47,49-50H,3-45H2,1-2H3,(H,52,53)/t46-,47+/m0/s1. The van der Waals surface area contributed by atoms with Crippen molar-refractivity contribution in [2.75, 3.05) is 33.0 Å². The monoisotopic (exact) mass is 849 g/mol. The minimum atomic E-state index is -4.51. The van der Waals surface area contributed by atoms with E-state index in [-0.39, 0.29) is 25.6 Å². The largest absolute Gasteiger partial charge is 0.472 e. The van der Waals surface area contributed by atoms with Crippen molar-refractivity contribution in [3.63, 3.8) is 0 Å². The number of rotatable bonds is 49. The van der Waals surface area contributed by atoms with Gasteiger partial charge in [-0.1, -0.05) is 239 Å². The van der Waals surface area contributed by atoms with Gasteiger partial charge in [0.2, 0.25) is 0 Å². The molecule has 0 spiro atoms. The quantitative estimate of drug-likeness (QED) is 0.0311. The molecule has 3 N–H and O–H groups in total.